The molecule has 1 N–H and O–H groups in total. The van der Waals surface area contributed by atoms with Crippen LogP contribution in [0.3, 0.4) is 0 Å². The van der Waals surface area contributed by atoms with Gasteiger partial charge < -0.3 is 5.11 Å². The zero-order valence-corrected chi connectivity index (χ0v) is 12.3. The van der Waals surface area contributed by atoms with E-state index in [-0.39, 0.29) is 0 Å². The van der Waals surface area contributed by atoms with E-state index >= 15 is 0 Å². The van der Waals surface area contributed by atoms with Gasteiger partial charge in [0.25, 0.3) is 0 Å². The van der Waals surface area contributed by atoms with Crippen molar-refractivity contribution in [3.63, 3.8) is 0 Å². The van der Waals surface area contributed by atoms with Gasteiger partial charge >= 0.3 is 0 Å². The molecule has 2 unspecified atom stereocenters. The van der Waals surface area contributed by atoms with Gasteiger partial charge in [0.05, 0.1) is 18.0 Å². The zero-order valence-electron chi connectivity index (χ0n) is 12.3. The Morgan fingerprint density at radius 2 is 2.06 bits per heavy atom. The summed E-state index contributed by atoms with van der Waals surface area (Å²) in [6.45, 7) is 11.8. The summed E-state index contributed by atoms with van der Waals surface area (Å²) in [7, 11) is 0. The highest BCUT2D eigenvalue weighted by molar-refractivity contribution is 4.99. The van der Waals surface area contributed by atoms with Crippen LogP contribution in [-0.2, 0) is 6.54 Å². The van der Waals surface area contributed by atoms with Crippen molar-refractivity contribution < 1.29 is 5.11 Å². The van der Waals surface area contributed by atoms with E-state index in [9.17, 15) is 5.11 Å². The third-order valence-corrected chi connectivity index (χ3v) is 3.01. The number of hydrogen-bond donors (Lipinski definition) is 1. The van der Waals surface area contributed by atoms with E-state index in [2.05, 4.69) is 44.9 Å². The number of aliphatic hydroxyl groups is 1. The second kappa shape index (κ2) is 6.32. The molecule has 1 heterocycles. The van der Waals surface area contributed by atoms with Crippen LogP contribution >= 0.6 is 0 Å². The Labute approximate surface area is 110 Å². The molecule has 1 rings (SSSR count). The van der Waals surface area contributed by atoms with Gasteiger partial charge in [-0.05, 0) is 30.6 Å². The third kappa shape index (κ3) is 4.77. The normalized spacial score (nSPS) is 15.7. The molecule has 0 fully saturated rings. The molecule has 0 aliphatic rings. The summed E-state index contributed by atoms with van der Waals surface area (Å²) >= 11 is 0. The van der Waals surface area contributed by atoms with E-state index in [1.165, 1.54) is 0 Å². The van der Waals surface area contributed by atoms with E-state index in [0.717, 1.165) is 31.5 Å². The Bertz CT molecular complexity index is 354. The van der Waals surface area contributed by atoms with Crippen molar-refractivity contribution >= 4 is 0 Å². The van der Waals surface area contributed by atoms with E-state index < -0.39 is 6.10 Å². The van der Waals surface area contributed by atoms with Crippen LogP contribution in [0.1, 0.15) is 65.7 Å². The number of aryl methyl sites for hydroxylation is 1. The van der Waals surface area contributed by atoms with E-state index in [4.69, 9.17) is 0 Å². The predicted octanol–water partition coefficient (Wildman–Crippen LogP) is 3.18. The lowest BCUT2D eigenvalue weighted by Crippen LogP contribution is -2.16. The number of aliphatic hydroxyl groups excluding tert-OH is 1. The molecule has 0 aliphatic carbocycles. The molecular formula is C14H27N3O. The second-order valence-corrected chi connectivity index (χ2v) is 6.50. The van der Waals surface area contributed by atoms with Crippen molar-refractivity contribution in [2.45, 2.75) is 66.5 Å². The molecule has 0 aliphatic heterocycles. The van der Waals surface area contributed by atoms with Crippen LogP contribution in [0.15, 0.2) is 6.20 Å². The van der Waals surface area contributed by atoms with Gasteiger partial charge in [-0.1, -0.05) is 39.8 Å². The van der Waals surface area contributed by atoms with Crippen molar-refractivity contribution in [3.05, 3.63) is 11.9 Å². The van der Waals surface area contributed by atoms with Gasteiger partial charge in [-0.25, -0.2) is 4.68 Å². The quantitative estimate of drug-likeness (QED) is 0.847. The first-order valence-corrected chi connectivity index (χ1v) is 6.90. The van der Waals surface area contributed by atoms with Crippen LogP contribution in [0.2, 0.25) is 0 Å². The molecule has 0 saturated carbocycles. The van der Waals surface area contributed by atoms with Gasteiger partial charge in [0.2, 0.25) is 0 Å². The summed E-state index contributed by atoms with van der Waals surface area (Å²) in [6.07, 6.45) is 4.11. The first-order chi connectivity index (χ1) is 8.33. The van der Waals surface area contributed by atoms with E-state index in [0.29, 0.717) is 11.3 Å². The minimum Gasteiger partial charge on any atom is -0.387 e. The van der Waals surface area contributed by atoms with Crippen LogP contribution in [0.25, 0.3) is 0 Å². The molecule has 1 aromatic heterocycles. The van der Waals surface area contributed by atoms with Gasteiger partial charge in [-0.15, -0.1) is 5.10 Å². The average molecular weight is 253 g/mol. The summed E-state index contributed by atoms with van der Waals surface area (Å²) < 4.78 is 1.81. The van der Waals surface area contributed by atoms with E-state index in [1.807, 2.05) is 4.68 Å². The minimum atomic E-state index is -0.455. The smallest absolute Gasteiger partial charge is 0.0975 e. The largest absolute Gasteiger partial charge is 0.387 e. The molecule has 104 valence electrons. The fraction of sp³-hybridized carbons (Fsp3) is 0.857. The molecule has 0 spiro atoms. The van der Waals surface area contributed by atoms with Crippen molar-refractivity contribution in [1.29, 1.82) is 0 Å². The van der Waals surface area contributed by atoms with Crippen molar-refractivity contribution in [3.8, 4) is 0 Å². The molecule has 4 heteroatoms. The van der Waals surface area contributed by atoms with Crippen LogP contribution in [0, 0.1) is 11.3 Å². The summed E-state index contributed by atoms with van der Waals surface area (Å²) in [5.74, 6) is 0.491. The molecule has 0 radical (unpaired) electrons. The Kier molecular flexibility index (Phi) is 5.32. The number of hydrogen-bond acceptors (Lipinski definition) is 3. The minimum absolute atomic E-state index is 0.307. The van der Waals surface area contributed by atoms with Crippen LogP contribution in [-0.4, -0.2) is 20.1 Å². The Hall–Kier alpha value is -0.900. The molecule has 18 heavy (non-hydrogen) atoms. The second-order valence-electron chi connectivity index (χ2n) is 6.50. The summed E-state index contributed by atoms with van der Waals surface area (Å²) in [4.78, 5) is 0. The lowest BCUT2D eigenvalue weighted by atomic mass is 9.83. The fourth-order valence-corrected chi connectivity index (χ4v) is 2.54. The first kappa shape index (κ1) is 15.2. The van der Waals surface area contributed by atoms with E-state index in [1.54, 1.807) is 6.20 Å². The highest BCUT2D eigenvalue weighted by Gasteiger charge is 2.21. The Morgan fingerprint density at radius 3 is 2.61 bits per heavy atom. The highest BCUT2D eigenvalue weighted by Crippen LogP contribution is 2.30. The molecule has 2 atom stereocenters. The Morgan fingerprint density at radius 1 is 1.39 bits per heavy atom. The molecular weight excluding hydrogens is 226 g/mol. The van der Waals surface area contributed by atoms with Gasteiger partial charge in [-0.2, -0.15) is 0 Å². The molecule has 0 amide bonds. The average Bonchev–Trinajstić information content (AvgIpc) is 2.63. The summed E-state index contributed by atoms with van der Waals surface area (Å²) in [5, 5.41) is 18.2. The molecule has 0 bridgehead atoms. The SMILES string of the molecule is CCCn1nncc1C(O)CC(C)CC(C)(C)C. The number of rotatable bonds is 6. The maximum absolute atomic E-state index is 10.3. The van der Waals surface area contributed by atoms with Crippen LogP contribution in [0.4, 0.5) is 0 Å². The molecule has 0 aromatic carbocycles. The van der Waals surface area contributed by atoms with Crippen LogP contribution in [0.5, 0.6) is 0 Å². The fourth-order valence-electron chi connectivity index (χ4n) is 2.54. The molecule has 1 aromatic rings. The van der Waals surface area contributed by atoms with Gasteiger partial charge in [0.1, 0.15) is 0 Å². The lowest BCUT2D eigenvalue weighted by Gasteiger charge is -2.24. The van der Waals surface area contributed by atoms with Crippen molar-refractivity contribution in [1.82, 2.24) is 15.0 Å². The zero-order chi connectivity index (χ0) is 13.8. The maximum Gasteiger partial charge on any atom is 0.0975 e. The molecule has 4 nitrogen and oxygen atoms in total. The van der Waals surface area contributed by atoms with Gasteiger partial charge in [-0.3, -0.25) is 0 Å². The topological polar surface area (TPSA) is 50.9 Å². The van der Waals surface area contributed by atoms with Gasteiger partial charge in [0.15, 0.2) is 0 Å². The van der Waals surface area contributed by atoms with Crippen LogP contribution < -0.4 is 0 Å². The monoisotopic (exact) mass is 253 g/mol. The summed E-state index contributed by atoms with van der Waals surface area (Å²) in [5.41, 5.74) is 1.15. The summed E-state index contributed by atoms with van der Waals surface area (Å²) in [6, 6.07) is 0. The van der Waals surface area contributed by atoms with Gasteiger partial charge in [0, 0.05) is 6.54 Å². The maximum atomic E-state index is 10.3. The molecule has 0 saturated heterocycles. The predicted molar refractivity (Wildman–Crippen MR) is 73.1 cm³/mol. The first-order valence-electron chi connectivity index (χ1n) is 6.90. The third-order valence-electron chi connectivity index (χ3n) is 3.01. The van der Waals surface area contributed by atoms with Crippen molar-refractivity contribution in [2.75, 3.05) is 0 Å². The standard InChI is InChI=1S/C14H27N3O/c1-6-7-17-12(10-15-16-17)13(18)8-11(2)9-14(3,4)5/h10-11,13,18H,6-9H2,1-5H3. The number of aromatic nitrogens is 3. The lowest BCUT2D eigenvalue weighted by molar-refractivity contribution is 0.125. The highest BCUT2D eigenvalue weighted by atomic mass is 16.3. The Balaban J connectivity index is 2.59. The van der Waals surface area contributed by atoms with Crippen molar-refractivity contribution in [2.24, 2.45) is 11.3 Å². The number of nitrogens with zero attached hydrogens (tertiary/aromatic N) is 3.